The molecule has 76 valence electrons. The monoisotopic (exact) mass is 236 g/mol. The minimum absolute atomic E-state index is 0.700. The molecule has 1 rings (SSSR count). The Morgan fingerprint density at radius 1 is 1.46 bits per heavy atom. The Kier molecular flexibility index (Phi) is 2.06. The summed E-state index contributed by atoms with van der Waals surface area (Å²) in [4.78, 5) is 10.4. The number of carboxylic acids is 1. The van der Waals surface area contributed by atoms with E-state index in [2.05, 4.69) is 0 Å². The van der Waals surface area contributed by atoms with Crippen molar-refractivity contribution >= 4 is 29.2 Å². The van der Waals surface area contributed by atoms with Crippen LogP contribution in [0.1, 0.15) is 6.92 Å². The van der Waals surface area contributed by atoms with Gasteiger partial charge in [0.15, 0.2) is 0 Å². The summed E-state index contributed by atoms with van der Waals surface area (Å²) in [5.41, 5.74) is -2.55. The van der Waals surface area contributed by atoms with Crippen LogP contribution in [0.5, 0.6) is 0 Å². The van der Waals surface area contributed by atoms with E-state index in [0.29, 0.717) is 6.92 Å². The van der Waals surface area contributed by atoms with E-state index in [9.17, 15) is 18.0 Å². The van der Waals surface area contributed by atoms with Crippen LogP contribution >= 0.6 is 23.2 Å². The van der Waals surface area contributed by atoms with E-state index in [1.165, 1.54) is 0 Å². The minimum atomic E-state index is -4.71. The van der Waals surface area contributed by atoms with Gasteiger partial charge in [-0.3, -0.25) is 4.79 Å². The summed E-state index contributed by atoms with van der Waals surface area (Å²) in [5, 5.41) is 8.42. The summed E-state index contributed by atoms with van der Waals surface area (Å²) in [6.45, 7) is 0.700. The summed E-state index contributed by atoms with van der Waals surface area (Å²) < 4.78 is 34.6. The Bertz CT molecular complexity index is 263. The van der Waals surface area contributed by atoms with Gasteiger partial charge < -0.3 is 5.11 Å². The van der Waals surface area contributed by atoms with Gasteiger partial charge in [0, 0.05) is 0 Å². The standard InChI is InChI=1S/C6H5Cl2F3O2/c1-4(6(9,10)11)2(3(12)13)5(4,7)8/h2H,1H3,(H,12,13)/t2-,4-/m1/s1. The van der Waals surface area contributed by atoms with Gasteiger partial charge in [0.2, 0.25) is 0 Å². The van der Waals surface area contributed by atoms with Crippen LogP contribution in [0.4, 0.5) is 13.2 Å². The summed E-state index contributed by atoms with van der Waals surface area (Å²) in [5.74, 6) is -3.42. The second kappa shape index (κ2) is 2.45. The van der Waals surface area contributed by atoms with Gasteiger partial charge in [0.1, 0.15) is 15.7 Å². The number of rotatable bonds is 1. The molecule has 0 aliphatic heterocycles. The molecule has 0 bridgehead atoms. The van der Waals surface area contributed by atoms with E-state index >= 15 is 0 Å². The molecule has 2 nitrogen and oxygen atoms in total. The molecule has 0 unspecified atom stereocenters. The van der Waals surface area contributed by atoms with E-state index in [0.717, 1.165) is 0 Å². The highest BCUT2D eigenvalue weighted by Crippen LogP contribution is 2.74. The molecule has 0 aromatic rings. The average molecular weight is 237 g/mol. The summed E-state index contributed by atoms with van der Waals surface area (Å²) in [7, 11) is 0. The van der Waals surface area contributed by atoms with Gasteiger partial charge in [0.05, 0.1) is 0 Å². The van der Waals surface area contributed by atoms with E-state index < -0.39 is 27.8 Å². The molecule has 1 N–H and O–H groups in total. The molecule has 0 aromatic carbocycles. The van der Waals surface area contributed by atoms with E-state index in [1.807, 2.05) is 0 Å². The lowest BCUT2D eigenvalue weighted by atomic mass is 10.1. The lowest BCUT2D eigenvalue weighted by molar-refractivity contribution is -0.190. The topological polar surface area (TPSA) is 37.3 Å². The molecule has 0 heterocycles. The molecule has 0 saturated heterocycles. The summed E-state index contributed by atoms with van der Waals surface area (Å²) in [6.07, 6.45) is -4.71. The Morgan fingerprint density at radius 3 is 1.92 bits per heavy atom. The first-order valence-electron chi connectivity index (χ1n) is 3.24. The van der Waals surface area contributed by atoms with Crippen LogP contribution in [-0.2, 0) is 4.79 Å². The highest BCUT2D eigenvalue weighted by molar-refractivity contribution is 6.53. The number of halogens is 5. The first-order valence-corrected chi connectivity index (χ1v) is 3.99. The van der Waals surface area contributed by atoms with Crippen molar-refractivity contribution in [1.82, 2.24) is 0 Å². The van der Waals surface area contributed by atoms with Gasteiger partial charge in [-0.05, 0) is 6.92 Å². The van der Waals surface area contributed by atoms with Crippen LogP contribution in [0.3, 0.4) is 0 Å². The predicted octanol–water partition coefficient (Wildman–Crippen LogP) is 2.44. The first-order chi connectivity index (χ1) is 5.57. The third-order valence-electron chi connectivity index (χ3n) is 2.38. The maximum absolute atomic E-state index is 12.3. The molecule has 13 heavy (non-hydrogen) atoms. The van der Waals surface area contributed by atoms with Crippen LogP contribution < -0.4 is 0 Å². The van der Waals surface area contributed by atoms with E-state index in [-0.39, 0.29) is 0 Å². The zero-order valence-corrected chi connectivity index (χ0v) is 7.83. The number of alkyl halides is 5. The summed E-state index contributed by atoms with van der Waals surface area (Å²) in [6, 6.07) is 0. The smallest absolute Gasteiger partial charge is 0.398 e. The van der Waals surface area contributed by atoms with Crippen LogP contribution in [-0.4, -0.2) is 21.6 Å². The van der Waals surface area contributed by atoms with Crippen molar-refractivity contribution in [3.63, 3.8) is 0 Å². The zero-order valence-electron chi connectivity index (χ0n) is 6.32. The third-order valence-corrected chi connectivity index (χ3v) is 3.61. The fourth-order valence-corrected chi connectivity index (χ4v) is 2.23. The maximum atomic E-state index is 12.3. The fraction of sp³-hybridized carbons (Fsp3) is 0.833. The van der Waals surface area contributed by atoms with Gasteiger partial charge in [-0.25, -0.2) is 0 Å². The number of carboxylic acid groups (broad SMARTS) is 1. The van der Waals surface area contributed by atoms with Crippen molar-refractivity contribution in [2.75, 3.05) is 0 Å². The molecule has 1 fully saturated rings. The van der Waals surface area contributed by atoms with E-state index in [1.54, 1.807) is 0 Å². The van der Waals surface area contributed by atoms with Gasteiger partial charge in [0.25, 0.3) is 0 Å². The molecule has 1 aliphatic rings. The number of aliphatic carboxylic acids is 1. The second-order valence-electron chi connectivity index (χ2n) is 3.09. The minimum Gasteiger partial charge on any atom is -0.481 e. The molecule has 0 spiro atoms. The second-order valence-corrected chi connectivity index (χ2v) is 4.48. The third kappa shape index (κ3) is 1.13. The molecular weight excluding hydrogens is 232 g/mol. The Balaban J connectivity index is 3.04. The normalized spacial score (nSPS) is 37.2. The Morgan fingerprint density at radius 2 is 1.85 bits per heavy atom. The summed E-state index contributed by atoms with van der Waals surface area (Å²) >= 11 is 10.5. The highest BCUT2D eigenvalue weighted by atomic mass is 35.5. The van der Waals surface area contributed by atoms with Crippen molar-refractivity contribution < 1.29 is 23.1 Å². The van der Waals surface area contributed by atoms with Crippen molar-refractivity contribution in [2.24, 2.45) is 11.3 Å². The fourth-order valence-electron chi connectivity index (χ4n) is 1.29. The number of hydrogen-bond acceptors (Lipinski definition) is 1. The quantitative estimate of drug-likeness (QED) is 0.711. The Hall–Kier alpha value is -0.160. The zero-order chi connectivity index (χ0) is 10.7. The van der Waals surface area contributed by atoms with E-state index in [4.69, 9.17) is 28.3 Å². The average Bonchev–Trinajstić information content (AvgIpc) is 2.26. The molecule has 0 amide bonds. The molecule has 1 saturated carbocycles. The van der Waals surface area contributed by atoms with Gasteiger partial charge in [-0.15, -0.1) is 0 Å². The molecule has 1 aliphatic carbocycles. The van der Waals surface area contributed by atoms with Crippen LogP contribution in [0, 0.1) is 11.3 Å². The molecule has 0 aromatic heterocycles. The van der Waals surface area contributed by atoms with Gasteiger partial charge in [-0.1, -0.05) is 23.2 Å². The number of carbonyl (C=O) groups is 1. The maximum Gasteiger partial charge on any atom is 0.398 e. The van der Waals surface area contributed by atoms with Crippen LogP contribution in [0.2, 0.25) is 0 Å². The highest BCUT2D eigenvalue weighted by Gasteiger charge is 2.87. The van der Waals surface area contributed by atoms with Crippen molar-refractivity contribution in [3.8, 4) is 0 Å². The number of hydrogen-bond donors (Lipinski definition) is 1. The van der Waals surface area contributed by atoms with Crippen molar-refractivity contribution in [3.05, 3.63) is 0 Å². The Labute approximate surface area is 81.6 Å². The van der Waals surface area contributed by atoms with Crippen LogP contribution in [0.15, 0.2) is 0 Å². The molecular formula is C6H5Cl2F3O2. The largest absolute Gasteiger partial charge is 0.481 e. The molecule has 2 atom stereocenters. The molecule has 0 radical (unpaired) electrons. The molecule has 7 heteroatoms. The van der Waals surface area contributed by atoms with Crippen molar-refractivity contribution in [2.45, 2.75) is 17.4 Å². The SMILES string of the molecule is C[C@@]1(C(F)(F)F)[C@@H](C(=O)O)C1(Cl)Cl. The van der Waals surface area contributed by atoms with Gasteiger partial charge >= 0.3 is 12.1 Å². The first kappa shape index (κ1) is 10.9. The van der Waals surface area contributed by atoms with Crippen molar-refractivity contribution in [1.29, 1.82) is 0 Å². The lowest BCUT2D eigenvalue weighted by Gasteiger charge is -2.15. The van der Waals surface area contributed by atoms with Gasteiger partial charge in [-0.2, -0.15) is 13.2 Å². The predicted molar refractivity (Wildman–Crippen MR) is 39.7 cm³/mol. The lowest BCUT2D eigenvalue weighted by Crippen LogP contribution is -2.28. The van der Waals surface area contributed by atoms with Crippen LogP contribution in [0.25, 0.3) is 0 Å².